The van der Waals surface area contributed by atoms with Crippen molar-refractivity contribution >= 4 is 21.9 Å². The second kappa shape index (κ2) is 6.20. The number of aromatic nitrogens is 2. The molecule has 2 atom stereocenters. The number of rotatable bonds is 4. The highest BCUT2D eigenvalue weighted by atomic mass is 79.9. The number of nitriles is 1. The molecule has 1 aromatic rings. The Labute approximate surface area is 120 Å². The van der Waals surface area contributed by atoms with Crippen LogP contribution in [0, 0.1) is 23.2 Å². The Kier molecular flexibility index (Phi) is 4.59. The molecule has 0 amide bonds. The standard InChI is InChI=1S/C13H16BrN3O2/c1-19-13(18)11(6-15)12(9-4-2-3-5-9)17-8-10(14)7-16-17/h7-9,11-12H,2-5H2,1H3/t11-,12?/m0/s1. The van der Waals surface area contributed by atoms with E-state index in [4.69, 9.17) is 4.74 Å². The van der Waals surface area contributed by atoms with Crippen molar-refractivity contribution < 1.29 is 9.53 Å². The Bertz CT molecular complexity index is 488. The fraction of sp³-hybridized carbons (Fsp3) is 0.615. The summed E-state index contributed by atoms with van der Waals surface area (Å²) in [6, 6.07) is 1.84. The van der Waals surface area contributed by atoms with E-state index in [0.717, 1.165) is 30.2 Å². The lowest BCUT2D eigenvalue weighted by Crippen LogP contribution is -2.31. The first-order valence-electron chi connectivity index (χ1n) is 6.34. The van der Waals surface area contributed by atoms with Crippen LogP contribution in [0.3, 0.4) is 0 Å². The summed E-state index contributed by atoms with van der Waals surface area (Å²) in [5.74, 6) is -0.985. The quantitative estimate of drug-likeness (QED) is 0.798. The number of carbonyl (C=O) groups is 1. The molecule has 1 fully saturated rings. The Hall–Kier alpha value is -1.35. The predicted octanol–water partition coefficient (Wildman–Crippen LogP) is 2.69. The van der Waals surface area contributed by atoms with Crippen molar-refractivity contribution in [3.63, 3.8) is 0 Å². The normalized spacial score (nSPS) is 18.8. The maximum atomic E-state index is 11.8. The summed E-state index contributed by atoms with van der Waals surface area (Å²) in [7, 11) is 1.32. The SMILES string of the molecule is COC(=O)[C@@H](C#N)C(C1CCCC1)n1cc(Br)cn1. The number of carbonyl (C=O) groups excluding carboxylic acids is 1. The van der Waals surface area contributed by atoms with Gasteiger partial charge in [-0.1, -0.05) is 12.8 Å². The molecule has 0 saturated heterocycles. The van der Waals surface area contributed by atoms with Crippen molar-refractivity contribution in [2.75, 3.05) is 7.11 Å². The molecule has 0 bridgehead atoms. The molecular formula is C13H16BrN3O2. The van der Waals surface area contributed by atoms with E-state index in [0.29, 0.717) is 5.92 Å². The molecule has 6 heteroatoms. The van der Waals surface area contributed by atoms with Gasteiger partial charge < -0.3 is 4.74 Å². The number of ether oxygens (including phenoxy) is 1. The van der Waals surface area contributed by atoms with Crippen LogP contribution < -0.4 is 0 Å². The fourth-order valence-corrected chi connectivity index (χ4v) is 3.11. The van der Waals surface area contributed by atoms with Crippen molar-refractivity contribution in [2.24, 2.45) is 11.8 Å². The molecular weight excluding hydrogens is 310 g/mol. The van der Waals surface area contributed by atoms with E-state index in [9.17, 15) is 10.1 Å². The van der Waals surface area contributed by atoms with E-state index < -0.39 is 11.9 Å². The van der Waals surface area contributed by atoms with Crippen LogP contribution in [0.4, 0.5) is 0 Å². The molecule has 1 heterocycles. The predicted molar refractivity (Wildman–Crippen MR) is 72.0 cm³/mol. The Morgan fingerprint density at radius 1 is 1.63 bits per heavy atom. The van der Waals surface area contributed by atoms with E-state index in [1.165, 1.54) is 7.11 Å². The molecule has 102 valence electrons. The van der Waals surface area contributed by atoms with Gasteiger partial charge in [0.25, 0.3) is 0 Å². The van der Waals surface area contributed by atoms with Crippen LogP contribution >= 0.6 is 15.9 Å². The van der Waals surface area contributed by atoms with Crippen molar-refractivity contribution in [3.05, 3.63) is 16.9 Å². The Morgan fingerprint density at radius 2 is 2.32 bits per heavy atom. The molecule has 1 unspecified atom stereocenters. The fourth-order valence-electron chi connectivity index (χ4n) is 2.81. The zero-order chi connectivity index (χ0) is 13.8. The molecule has 5 nitrogen and oxygen atoms in total. The van der Waals surface area contributed by atoms with Crippen molar-refractivity contribution in [1.29, 1.82) is 5.26 Å². The van der Waals surface area contributed by atoms with Gasteiger partial charge in [0.05, 0.1) is 29.9 Å². The van der Waals surface area contributed by atoms with E-state index in [2.05, 4.69) is 27.1 Å². The van der Waals surface area contributed by atoms with Gasteiger partial charge in [-0.2, -0.15) is 10.4 Å². The molecule has 1 aliphatic rings. The molecule has 0 N–H and O–H groups in total. The summed E-state index contributed by atoms with van der Waals surface area (Å²) in [4.78, 5) is 11.8. The Balaban J connectivity index is 2.33. The molecule has 19 heavy (non-hydrogen) atoms. The van der Waals surface area contributed by atoms with E-state index in [-0.39, 0.29) is 6.04 Å². The minimum Gasteiger partial charge on any atom is -0.468 e. The van der Waals surface area contributed by atoms with E-state index in [1.807, 2.05) is 6.20 Å². The average molecular weight is 326 g/mol. The lowest BCUT2D eigenvalue weighted by atomic mass is 9.88. The first-order valence-corrected chi connectivity index (χ1v) is 7.13. The lowest BCUT2D eigenvalue weighted by molar-refractivity contribution is -0.145. The van der Waals surface area contributed by atoms with E-state index >= 15 is 0 Å². The van der Waals surface area contributed by atoms with Crippen LogP contribution in [0.25, 0.3) is 0 Å². The van der Waals surface area contributed by atoms with Gasteiger partial charge in [-0.15, -0.1) is 0 Å². The largest absolute Gasteiger partial charge is 0.468 e. The highest BCUT2D eigenvalue weighted by Gasteiger charge is 2.38. The molecule has 1 aromatic heterocycles. The first-order chi connectivity index (χ1) is 9.17. The molecule has 0 radical (unpaired) electrons. The summed E-state index contributed by atoms with van der Waals surface area (Å²) in [5.41, 5.74) is 0. The second-order valence-electron chi connectivity index (χ2n) is 4.80. The number of esters is 1. The van der Waals surface area contributed by atoms with E-state index in [1.54, 1.807) is 10.9 Å². The highest BCUT2D eigenvalue weighted by Crippen LogP contribution is 2.38. The number of hydrogen-bond acceptors (Lipinski definition) is 4. The zero-order valence-corrected chi connectivity index (χ0v) is 12.3. The molecule has 2 rings (SSSR count). The summed E-state index contributed by atoms with van der Waals surface area (Å²) in [5, 5.41) is 13.6. The lowest BCUT2D eigenvalue weighted by Gasteiger charge is -2.26. The highest BCUT2D eigenvalue weighted by molar-refractivity contribution is 9.10. The molecule has 1 saturated carbocycles. The molecule has 0 aliphatic heterocycles. The summed E-state index contributed by atoms with van der Waals surface area (Å²) < 4.78 is 7.33. The van der Waals surface area contributed by atoms with Crippen LogP contribution in [0.2, 0.25) is 0 Å². The van der Waals surface area contributed by atoms with Crippen LogP contribution in [0.5, 0.6) is 0 Å². The van der Waals surface area contributed by atoms with Crippen molar-refractivity contribution in [1.82, 2.24) is 9.78 Å². The van der Waals surface area contributed by atoms with Gasteiger partial charge in [0.1, 0.15) is 0 Å². The monoisotopic (exact) mass is 325 g/mol. The minimum absolute atomic E-state index is 0.244. The van der Waals surface area contributed by atoms with Crippen LogP contribution in [0.1, 0.15) is 31.7 Å². The third-order valence-corrected chi connectivity index (χ3v) is 4.10. The van der Waals surface area contributed by atoms with Gasteiger partial charge in [0.2, 0.25) is 0 Å². The van der Waals surface area contributed by atoms with Gasteiger partial charge in [0, 0.05) is 6.20 Å². The topological polar surface area (TPSA) is 67.9 Å². The van der Waals surface area contributed by atoms with Crippen molar-refractivity contribution in [3.8, 4) is 6.07 Å². The first kappa shape index (κ1) is 14.1. The van der Waals surface area contributed by atoms with Gasteiger partial charge in [-0.05, 0) is 34.7 Å². The zero-order valence-electron chi connectivity index (χ0n) is 10.8. The molecule has 1 aliphatic carbocycles. The van der Waals surface area contributed by atoms with Gasteiger partial charge in [-0.3, -0.25) is 9.48 Å². The molecule has 0 spiro atoms. The van der Waals surface area contributed by atoms with Crippen molar-refractivity contribution in [2.45, 2.75) is 31.7 Å². The van der Waals surface area contributed by atoms with Crippen LogP contribution in [-0.2, 0) is 9.53 Å². The van der Waals surface area contributed by atoms with Gasteiger partial charge >= 0.3 is 5.97 Å². The Morgan fingerprint density at radius 3 is 2.79 bits per heavy atom. The third kappa shape index (κ3) is 2.98. The maximum Gasteiger partial charge on any atom is 0.325 e. The second-order valence-corrected chi connectivity index (χ2v) is 5.72. The minimum atomic E-state index is -0.806. The smallest absolute Gasteiger partial charge is 0.325 e. The summed E-state index contributed by atoms with van der Waals surface area (Å²) >= 11 is 3.35. The van der Waals surface area contributed by atoms with Crippen LogP contribution in [-0.4, -0.2) is 22.9 Å². The number of methoxy groups -OCH3 is 1. The summed E-state index contributed by atoms with van der Waals surface area (Å²) in [6.07, 6.45) is 7.82. The average Bonchev–Trinajstić information content (AvgIpc) is 3.06. The van der Waals surface area contributed by atoms with Gasteiger partial charge in [-0.25, -0.2) is 0 Å². The third-order valence-electron chi connectivity index (χ3n) is 3.69. The van der Waals surface area contributed by atoms with Gasteiger partial charge in [0.15, 0.2) is 5.92 Å². The molecule has 0 aromatic carbocycles. The maximum absolute atomic E-state index is 11.8. The number of nitrogens with zero attached hydrogens (tertiary/aromatic N) is 3. The number of halogens is 1. The number of hydrogen-bond donors (Lipinski definition) is 0. The summed E-state index contributed by atoms with van der Waals surface area (Å²) in [6.45, 7) is 0. The van der Waals surface area contributed by atoms with Crippen LogP contribution in [0.15, 0.2) is 16.9 Å².